The Morgan fingerprint density at radius 3 is 1.03 bits per heavy atom. The fourth-order valence-corrected chi connectivity index (χ4v) is 6.36. The van der Waals surface area contributed by atoms with Gasteiger partial charge in [0, 0.05) is 0 Å². The van der Waals surface area contributed by atoms with Crippen molar-refractivity contribution in [3.63, 3.8) is 0 Å². The molecule has 0 bridgehead atoms. The topological polar surface area (TPSA) is 0 Å². The number of fused-ring (bicyclic) bond motifs is 2. The van der Waals surface area contributed by atoms with Crippen LogP contribution in [0.3, 0.4) is 0 Å². The van der Waals surface area contributed by atoms with Gasteiger partial charge >= 0.3 is 30.2 Å². The van der Waals surface area contributed by atoms with Crippen LogP contribution in [-0.4, -0.2) is 23.0 Å². The molecular formula is C30H46Cl2Si3Zr-4. The Balaban J connectivity index is -0.000000513. The Bertz CT molecular complexity index is 1050. The molecule has 0 atom stereocenters. The van der Waals surface area contributed by atoms with Gasteiger partial charge in [0.1, 0.15) is 0 Å². The molecule has 6 heteroatoms. The van der Waals surface area contributed by atoms with E-state index in [4.69, 9.17) is 0 Å². The third-order valence-electron chi connectivity index (χ3n) is 6.38. The van der Waals surface area contributed by atoms with Crippen LogP contribution in [0.1, 0.15) is 22.3 Å². The summed E-state index contributed by atoms with van der Waals surface area (Å²) in [5.74, 6) is 0. The van der Waals surface area contributed by atoms with Crippen molar-refractivity contribution in [2.75, 3.05) is 0 Å². The second kappa shape index (κ2) is 16.0. The Morgan fingerprint density at radius 1 is 0.556 bits per heavy atom. The van der Waals surface area contributed by atoms with E-state index in [9.17, 15) is 0 Å². The number of benzene rings is 2. The Labute approximate surface area is 253 Å². The summed E-state index contributed by atoms with van der Waals surface area (Å²) in [6.07, 6.45) is 0. The van der Waals surface area contributed by atoms with E-state index in [0.29, 0.717) is 0 Å². The Hall–Kier alpha value is -0.226. The molecule has 0 amide bonds. The van der Waals surface area contributed by atoms with Gasteiger partial charge in [0.25, 0.3) is 0 Å². The normalized spacial score (nSPS) is 10.4. The average molecular weight is 653 g/mol. The molecule has 4 aromatic rings. The van der Waals surface area contributed by atoms with Crippen LogP contribution >= 0.6 is 24.8 Å². The van der Waals surface area contributed by atoms with Crippen LogP contribution in [-0.2, 0) is 23.3 Å². The van der Waals surface area contributed by atoms with Crippen LogP contribution in [0, 0.1) is 42.5 Å². The molecule has 36 heavy (non-hydrogen) atoms. The zero-order chi connectivity index (χ0) is 24.4. The van der Waals surface area contributed by atoms with Gasteiger partial charge in [0.2, 0.25) is 0 Å². The van der Waals surface area contributed by atoms with Crippen LogP contribution in [0.15, 0.2) is 48.5 Å². The maximum atomic E-state index is 3.06. The SMILES string of the molecule is Cc1ccc(C)c2[cH-]c([Si](C)(C)C)cc12.Cc1ccc(C)c2[cH-]c([Si](C)(C)C)cc12.Cl.Cl.[CH3-].[CH3-].[Si]=[Zr]. The van der Waals surface area contributed by atoms with Gasteiger partial charge in [0.05, 0.1) is 16.1 Å². The van der Waals surface area contributed by atoms with Gasteiger partial charge in [-0.05, 0) is 13.8 Å². The molecule has 0 aliphatic rings. The van der Waals surface area contributed by atoms with Gasteiger partial charge in [-0.1, -0.05) is 76.4 Å². The first-order chi connectivity index (χ1) is 14.8. The molecule has 0 aliphatic carbocycles. The first-order valence-corrected chi connectivity index (χ1v) is 22.6. The monoisotopic (exact) mass is 650 g/mol. The third-order valence-corrected chi connectivity index (χ3v) is 10.4. The summed E-state index contributed by atoms with van der Waals surface area (Å²) in [5.41, 5.74) is 5.61. The van der Waals surface area contributed by atoms with Crippen molar-refractivity contribution in [1.82, 2.24) is 0 Å². The molecular weight excluding hydrogens is 607 g/mol. The van der Waals surface area contributed by atoms with Crippen molar-refractivity contribution in [3.05, 3.63) is 85.6 Å². The minimum absolute atomic E-state index is 0. The molecule has 2 radical (unpaired) electrons. The van der Waals surface area contributed by atoms with Crippen LogP contribution in [0.5, 0.6) is 0 Å². The molecule has 200 valence electrons. The van der Waals surface area contributed by atoms with Gasteiger partial charge in [-0.25, -0.2) is 0 Å². The summed E-state index contributed by atoms with van der Waals surface area (Å²) in [6.45, 7) is 26.3. The number of halogens is 2. The van der Waals surface area contributed by atoms with Crippen LogP contribution in [0.4, 0.5) is 0 Å². The van der Waals surface area contributed by atoms with E-state index in [1.54, 1.807) is 10.4 Å². The molecule has 0 heterocycles. The van der Waals surface area contributed by atoms with Gasteiger partial charge in [-0.3, -0.25) is 0 Å². The van der Waals surface area contributed by atoms with E-state index in [2.05, 4.69) is 122 Å². The maximum absolute atomic E-state index is 3.06. The summed E-state index contributed by atoms with van der Waals surface area (Å²) >= 11 is 1.36. The van der Waals surface area contributed by atoms with Crippen molar-refractivity contribution in [2.45, 2.75) is 67.0 Å². The van der Waals surface area contributed by atoms with Crippen LogP contribution in [0.25, 0.3) is 21.5 Å². The fraction of sp³-hybridized carbons (Fsp3) is 0.333. The molecule has 0 saturated carbocycles. The van der Waals surface area contributed by atoms with Crippen molar-refractivity contribution in [3.8, 4) is 0 Å². The Morgan fingerprint density at radius 2 is 0.806 bits per heavy atom. The molecule has 0 N–H and O–H groups in total. The van der Waals surface area contributed by atoms with Crippen molar-refractivity contribution in [1.29, 1.82) is 0 Å². The molecule has 0 fully saturated rings. The molecule has 0 saturated heterocycles. The van der Waals surface area contributed by atoms with Gasteiger partial charge < -0.3 is 14.9 Å². The van der Waals surface area contributed by atoms with E-state index >= 15 is 0 Å². The zero-order valence-corrected chi connectivity index (χ0v) is 31.5. The van der Waals surface area contributed by atoms with E-state index in [0.717, 1.165) is 0 Å². The fourth-order valence-electron chi connectivity index (χ4n) is 4.05. The Kier molecular flexibility index (Phi) is 17.9. The van der Waals surface area contributed by atoms with Gasteiger partial charge in [0.15, 0.2) is 0 Å². The summed E-state index contributed by atoms with van der Waals surface area (Å²) in [6, 6.07) is 18.5. The first-order valence-electron chi connectivity index (χ1n) is 11.4. The minimum atomic E-state index is -1.16. The first kappa shape index (κ1) is 40.3. The number of rotatable bonds is 2. The number of aryl methyl sites for hydroxylation is 4. The van der Waals surface area contributed by atoms with E-state index in [1.807, 2.05) is 0 Å². The average Bonchev–Trinajstić information content (AvgIpc) is 3.36. The second-order valence-electron chi connectivity index (χ2n) is 11.0. The summed E-state index contributed by atoms with van der Waals surface area (Å²) in [7, 11) is -2.32. The van der Waals surface area contributed by atoms with Crippen LogP contribution in [0.2, 0.25) is 39.3 Å². The summed E-state index contributed by atoms with van der Waals surface area (Å²) < 4.78 is 0. The second-order valence-corrected chi connectivity index (χ2v) is 21.2. The quantitative estimate of drug-likeness (QED) is 0.150. The predicted octanol–water partition coefficient (Wildman–Crippen LogP) is 8.80. The molecule has 0 spiro atoms. The summed E-state index contributed by atoms with van der Waals surface area (Å²) in [4.78, 5) is 0. The standard InChI is InChI=1S/2C14H19Si.2CH3.2ClH.Si.Zr/c2*1-10-6-7-11(2)14-9-12(8-13(10)14)15(3,4)5;;;;;;/h2*6-9H,1-5H3;2*1H3;2*1H;;/q4*-1;;;;. The van der Waals surface area contributed by atoms with Gasteiger partial charge in [-0.15, -0.1) is 92.1 Å². The van der Waals surface area contributed by atoms with E-state index in [-0.39, 0.29) is 39.7 Å². The zero-order valence-electron chi connectivity index (χ0n) is 24.4. The van der Waals surface area contributed by atoms with E-state index < -0.39 is 16.1 Å². The number of hydrogen-bond acceptors (Lipinski definition) is 0. The van der Waals surface area contributed by atoms with Crippen LogP contribution < -0.4 is 10.4 Å². The third kappa shape index (κ3) is 9.51. The molecule has 0 aliphatic heterocycles. The molecule has 0 nitrogen and oxygen atoms in total. The molecule has 4 rings (SSSR count). The van der Waals surface area contributed by atoms with Crippen molar-refractivity contribution < 1.29 is 23.3 Å². The number of hydrogen-bond donors (Lipinski definition) is 0. The summed E-state index contributed by atoms with van der Waals surface area (Å²) in [5, 5.41) is 8.96. The predicted molar refractivity (Wildman–Crippen MR) is 177 cm³/mol. The van der Waals surface area contributed by atoms with Gasteiger partial charge in [-0.2, -0.15) is 12.1 Å². The molecule has 0 unspecified atom stereocenters. The molecule has 0 aromatic heterocycles. The van der Waals surface area contributed by atoms with Crippen molar-refractivity contribution >= 4 is 79.8 Å². The van der Waals surface area contributed by atoms with E-state index in [1.165, 1.54) is 67.1 Å². The van der Waals surface area contributed by atoms with Crippen molar-refractivity contribution in [2.24, 2.45) is 0 Å². The molecule has 4 aromatic carbocycles.